The SMILES string of the molecule is CS(=O)(=O)c1ccccc1-n1cc(NC(=O)NCC2CC2)cn1. The molecule has 2 N–H and O–H groups in total. The van der Waals surface area contributed by atoms with Gasteiger partial charge in [0.15, 0.2) is 9.84 Å². The Labute approximate surface area is 134 Å². The van der Waals surface area contributed by atoms with Crippen LogP contribution in [0.1, 0.15) is 12.8 Å². The summed E-state index contributed by atoms with van der Waals surface area (Å²) in [5, 5.41) is 9.62. The van der Waals surface area contributed by atoms with Gasteiger partial charge in [0.2, 0.25) is 0 Å². The Morgan fingerprint density at radius 1 is 1.35 bits per heavy atom. The van der Waals surface area contributed by atoms with Gasteiger partial charge in [-0.25, -0.2) is 17.9 Å². The quantitative estimate of drug-likeness (QED) is 0.872. The van der Waals surface area contributed by atoms with E-state index in [9.17, 15) is 13.2 Å². The molecule has 8 heteroatoms. The summed E-state index contributed by atoms with van der Waals surface area (Å²) in [7, 11) is -3.37. The lowest BCUT2D eigenvalue weighted by Crippen LogP contribution is -2.30. The molecule has 3 rings (SSSR count). The van der Waals surface area contributed by atoms with Crippen molar-refractivity contribution >= 4 is 21.6 Å². The van der Waals surface area contributed by atoms with Crippen molar-refractivity contribution in [3.8, 4) is 5.69 Å². The summed E-state index contributed by atoms with van der Waals surface area (Å²) in [4.78, 5) is 11.9. The molecule has 122 valence electrons. The summed E-state index contributed by atoms with van der Waals surface area (Å²) in [6, 6.07) is 6.31. The molecular formula is C15H18N4O3S. The number of hydrogen-bond acceptors (Lipinski definition) is 4. The number of aromatic nitrogens is 2. The van der Waals surface area contributed by atoms with Crippen LogP contribution >= 0.6 is 0 Å². The second-order valence-corrected chi connectivity index (χ2v) is 7.68. The fourth-order valence-corrected chi connectivity index (χ4v) is 3.08. The molecule has 1 aromatic heterocycles. The largest absolute Gasteiger partial charge is 0.338 e. The van der Waals surface area contributed by atoms with E-state index < -0.39 is 9.84 Å². The maximum absolute atomic E-state index is 11.8. The van der Waals surface area contributed by atoms with Crippen molar-refractivity contribution in [2.24, 2.45) is 5.92 Å². The van der Waals surface area contributed by atoms with Crippen LogP contribution < -0.4 is 10.6 Å². The monoisotopic (exact) mass is 334 g/mol. The van der Waals surface area contributed by atoms with E-state index >= 15 is 0 Å². The van der Waals surface area contributed by atoms with Crippen molar-refractivity contribution in [1.82, 2.24) is 15.1 Å². The molecule has 0 spiro atoms. The van der Waals surface area contributed by atoms with Gasteiger partial charge in [0.05, 0.1) is 28.7 Å². The fourth-order valence-electron chi connectivity index (χ4n) is 2.21. The van der Waals surface area contributed by atoms with Crippen LogP contribution in [-0.2, 0) is 9.84 Å². The molecule has 1 aliphatic carbocycles. The number of carbonyl (C=O) groups excluding carboxylic acids is 1. The first kappa shape index (κ1) is 15.5. The van der Waals surface area contributed by atoms with Gasteiger partial charge in [-0.1, -0.05) is 12.1 Å². The van der Waals surface area contributed by atoms with Crippen molar-refractivity contribution in [3.63, 3.8) is 0 Å². The molecule has 1 aromatic carbocycles. The highest BCUT2D eigenvalue weighted by molar-refractivity contribution is 7.90. The third-order valence-electron chi connectivity index (χ3n) is 3.60. The number of nitrogens with one attached hydrogen (secondary N) is 2. The normalized spacial score (nSPS) is 14.5. The van der Waals surface area contributed by atoms with Crippen LogP contribution in [0.2, 0.25) is 0 Å². The highest BCUT2D eigenvalue weighted by Gasteiger charge is 2.21. The molecule has 1 heterocycles. The smallest absolute Gasteiger partial charge is 0.319 e. The summed E-state index contributed by atoms with van der Waals surface area (Å²) in [6.45, 7) is 0.677. The fraction of sp³-hybridized carbons (Fsp3) is 0.333. The van der Waals surface area contributed by atoms with Gasteiger partial charge in [-0.05, 0) is 30.9 Å². The average Bonchev–Trinajstić information content (AvgIpc) is 3.23. The van der Waals surface area contributed by atoms with Crippen molar-refractivity contribution in [1.29, 1.82) is 0 Å². The molecule has 0 saturated heterocycles. The lowest BCUT2D eigenvalue weighted by molar-refractivity contribution is 0.251. The van der Waals surface area contributed by atoms with E-state index in [4.69, 9.17) is 0 Å². The number of benzene rings is 1. The zero-order valence-electron chi connectivity index (χ0n) is 12.7. The van der Waals surface area contributed by atoms with Gasteiger partial charge in [-0.3, -0.25) is 0 Å². The van der Waals surface area contributed by atoms with Crippen LogP contribution in [0.5, 0.6) is 0 Å². The molecule has 0 unspecified atom stereocenters. The minimum Gasteiger partial charge on any atom is -0.338 e. The molecule has 23 heavy (non-hydrogen) atoms. The van der Waals surface area contributed by atoms with E-state index in [1.807, 2.05) is 0 Å². The molecule has 0 atom stereocenters. The lowest BCUT2D eigenvalue weighted by atomic mass is 10.3. The number of hydrogen-bond donors (Lipinski definition) is 2. The number of sulfone groups is 1. The Morgan fingerprint density at radius 2 is 2.09 bits per heavy atom. The van der Waals surface area contributed by atoms with Gasteiger partial charge in [0.1, 0.15) is 0 Å². The topological polar surface area (TPSA) is 93.1 Å². The van der Waals surface area contributed by atoms with Crippen molar-refractivity contribution < 1.29 is 13.2 Å². The van der Waals surface area contributed by atoms with Crippen molar-refractivity contribution in [3.05, 3.63) is 36.7 Å². The van der Waals surface area contributed by atoms with Gasteiger partial charge >= 0.3 is 6.03 Å². The van der Waals surface area contributed by atoms with Gasteiger partial charge in [-0.2, -0.15) is 5.10 Å². The zero-order chi connectivity index (χ0) is 16.4. The second kappa shape index (κ2) is 6.04. The molecule has 1 fully saturated rings. The van der Waals surface area contributed by atoms with Crippen molar-refractivity contribution in [2.75, 3.05) is 18.1 Å². The third kappa shape index (κ3) is 3.89. The molecule has 2 aromatic rings. The molecule has 0 radical (unpaired) electrons. The van der Waals surface area contributed by atoms with E-state index in [-0.39, 0.29) is 10.9 Å². The maximum Gasteiger partial charge on any atom is 0.319 e. The zero-order valence-corrected chi connectivity index (χ0v) is 13.5. The average molecular weight is 334 g/mol. The summed E-state index contributed by atoms with van der Waals surface area (Å²) < 4.78 is 25.1. The van der Waals surface area contributed by atoms with Gasteiger partial charge in [-0.15, -0.1) is 0 Å². The Balaban J connectivity index is 1.75. The van der Waals surface area contributed by atoms with E-state index in [2.05, 4.69) is 15.7 Å². The lowest BCUT2D eigenvalue weighted by Gasteiger charge is -2.07. The number of rotatable bonds is 5. The number of urea groups is 1. The van der Waals surface area contributed by atoms with Crippen LogP contribution in [0, 0.1) is 5.92 Å². The number of amides is 2. The van der Waals surface area contributed by atoms with E-state index in [0.29, 0.717) is 23.8 Å². The predicted octanol–water partition coefficient (Wildman–Crippen LogP) is 1.81. The van der Waals surface area contributed by atoms with E-state index in [0.717, 1.165) is 6.26 Å². The molecule has 0 aliphatic heterocycles. The van der Waals surface area contributed by atoms with Crippen LogP contribution in [0.3, 0.4) is 0 Å². The van der Waals surface area contributed by atoms with Crippen LogP contribution in [0.15, 0.2) is 41.6 Å². The summed E-state index contributed by atoms with van der Waals surface area (Å²) in [5.74, 6) is 0.602. The Kier molecular flexibility index (Phi) is 4.08. The van der Waals surface area contributed by atoms with Gasteiger partial charge in [0.25, 0.3) is 0 Å². The first-order valence-electron chi connectivity index (χ1n) is 7.32. The first-order valence-corrected chi connectivity index (χ1v) is 9.21. The van der Waals surface area contributed by atoms with Crippen LogP contribution in [0.4, 0.5) is 10.5 Å². The molecule has 1 saturated carbocycles. The van der Waals surface area contributed by atoms with E-state index in [1.54, 1.807) is 24.4 Å². The second-order valence-electron chi connectivity index (χ2n) is 5.69. The Bertz CT molecular complexity index is 825. The molecular weight excluding hydrogens is 316 g/mol. The van der Waals surface area contributed by atoms with E-state index in [1.165, 1.54) is 29.8 Å². The van der Waals surface area contributed by atoms with Gasteiger partial charge in [0, 0.05) is 12.8 Å². The molecule has 0 bridgehead atoms. The highest BCUT2D eigenvalue weighted by Crippen LogP contribution is 2.27. The molecule has 2 amide bonds. The third-order valence-corrected chi connectivity index (χ3v) is 4.74. The van der Waals surface area contributed by atoms with Crippen LogP contribution in [-0.4, -0.2) is 37.0 Å². The van der Waals surface area contributed by atoms with Crippen LogP contribution in [0.25, 0.3) is 5.69 Å². The molecule has 1 aliphatic rings. The highest BCUT2D eigenvalue weighted by atomic mass is 32.2. The molecule has 7 nitrogen and oxygen atoms in total. The number of para-hydroxylation sites is 1. The minimum atomic E-state index is -3.37. The first-order chi connectivity index (χ1) is 10.9. The maximum atomic E-state index is 11.8. The summed E-state index contributed by atoms with van der Waals surface area (Å²) in [6.07, 6.45) is 6.55. The number of anilines is 1. The standard InChI is InChI=1S/C15H18N4O3S/c1-23(21,22)14-5-3-2-4-13(14)19-10-12(9-17-19)18-15(20)16-8-11-6-7-11/h2-5,9-11H,6-8H2,1H3,(H2,16,18,20). The van der Waals surface area contributed by atoms with Gasteiger partial charge < -0.3 is 10.6 Å². The van der Waals surface area contributed by atoms with Crippen molar-refractivity contribution in [2.45, 2.75) is 17.7 Å². The number of carbonyl (C=O) groups is 1. The minimum absolute atomic E-state index is 0.188. The Hall–Kier alpha value is -2.35. The predicted molar refractivity (Wildman–Crippen MR) is 86.4 cm³/mol. The summed E-state index contributed by atoms with van der Waals surface area (Å²) >= 11 is 0. The number of nitrogens with zero attached hydrogens (tertiary/aromatic N) is 2. The summed E-state index contributed by atoms with van der Waals surface area (Å²) in [5.41, 5.74) is 0.947. The Morgan fingerprint density at radius 3 is 2.78 bits per heavy atom.